The molecule has 21 heavy (non-hydrogen) atoms. The Labute approximate surface area is 121 Å². The van der Waals surface area contributed by atoms with Crippen molar-refractivity contribution in [2.75, 3.05) is 13.1 Å². The van der Waals surface area contributed by atoms with Crippen LogP contribution in [0.4, 0.5) is 26.3 Å². The molecule has 0 bridgehead atoms. The zero-order valence-electron chi connectivity index (χ0n) is 10.3. The van der Waals surface area contributed by atoms with Crippen LogP contribution in [0.5, 0.6) is 0 Å². The second-order valence-corrected chi connectivity index (χ2v) is 3.84. The Kier molecular flexibility index (Phi) is 6.50. The number of nitrogens with two attached hydrogens (primary N) is 1. The van der Waals surface area contributed by atoms with Gasteiger partial charge in [-0.25, -0.2) is 0 Å². The van der Waals surface area contributed by atoms with Crippen molar-refractivity contribution in [3.05, 3.63) is 34.9 Å². The quantitative estimate of drug-likeness (QED) is 0.834. The van der Waals surface area contributed by atoms with Crippen molar-refractivity contribution in [2.24, 2.45) is 5.73 Å². The minimum Gasteiger partial charge on any atom is -0.351 e. The van der Waals surface area contributed by atoms with E-state index in [1.165, 1.54) is 0 Å². The molecule has 0 fully saturated rings. The number of rotatable bonds is 3. The fourth-order valence-corrected chi connectivity index (χ4v) is 1.37. The molecule has 0 aliphatic carbocycles. The SMILES string of the molecule is Cl.NCCNC(=O)c1cc(C(F)(F)F)cc(C(F)(F)F)c1. The predicted octanol–water partition coefficient (Wildman–Crippen LogP) is 2.83. The maximum absolute atomic E-state index is 12.5. The van der Waals surface area contributed by atoms with Crippen LogP contribution in [0, 0.1) is 0 Å². The van der Waals surface area contributed by atoms with Gasteiger partial charge in [-0.05, 0) is 18.2 Å². The molecule has 0 atom stereocenters. The van der Waals surface area contributed by atoms with Gasteiger partial charge in [-0.1, -0.05) is 0 Å². The maximum atomic E-state index is 12.5. The van der Waals surface area contributed by atoms with E-state index in [2.05, 4.69) is 5.32 Å². The standard InChI is InChI=1S/C11H10F6N2O.ClH/c12-10(13,14)7-3-6(9(20)19-2-1-18)4-8(5-7)11(15,16)17;/h3-5H,1-2,18H2,(H,19,20);1H. The number of amides is 1. The average Bonchev–Trinajstić information content (AvgIpc) is 2.33. The largest absolute Gasteiger partial charge is 0.416 e. The number of carbonyl (C=O) groups excluding carboxylic acids is 1. The summed E-state index contributed by atoms with van der Waals surface area (Å²) in [7, 11) is 0. The number of nitrogens with one attached hydrogen (secondary N) is 1. The van der Waals surface area contributed by atoms with Crippen molar-refractivity contribution in [3.63, 3.8) is 0 Å². The minimum atomic E-state index is -4.98. The third-order valence-electron chi connectivity index (χ3n) is 2.28. The van der Waals surface area contributed by atoms with Crippen LogP contribution in [0.1, 0.15) is 21.5 Å². The van der Waals surface area contributed by atoms with Gasteiger partial charge in [0, 0.05) is 18.7 Å². The molecule has 120 valence electrons. The van der Waals surface area contributed by atoms with Gasteiger partial charge < -0.3 is 11.1 Å². The van der Waals surface area contributed by atoms with Crippen molar-refractivity contribution < 1.29 is 31.1 Å². The number of alkyl halides is 6. The van der Waals surface area contributed by atoms with Crippen LogP contribution < -0.4 is 11.1 Å². The summed E-state index contributed by atoms with van der Waals surface area (Å²) in [4.78, 5) is 11.5. The molecule has 3 N–H and O–H groups in total. The molecule has 0 saturated heterocycles. The molecule has 1 rings (SSSR count). The van der Waals surface area contributed by atoms with Gasteiger partial charge in [0.1, 0.15) is 0 Å². The summed E-state index contributed by atoms with van der Waals surface area (Å²) in [6, 6.07) is 0.682. The monoisotopic (exact) mass is 336 g/mol. The molecule has 1 aromatic carbocycles. The normalized spacial score (nSPS) is 11.8. The van der Waals surface area contributed by atoms with E-state index in [0.29, 0.717) is 12.1 Å². The summed E-state index contributed by atoms with van der Waals surface area (Å²) in [6.07, 6.45) is -9.96. The van der Waals surface area contributed by atoms with E-state index in [1.807, 2.05) is 0 Å². The van der Waals surface area contributed by atoms with E-state index in [9.17, 15) is 31.1 Å². The zero-order valence-corrected chi connectivity index (χ0v) is 11.1. The highest BCUT2D eigenvalue weighted by molar-refractivity contribution is 5.94. The molecule has 0 aliphatic rings. The van der Waals surface area contributed by atoms with Gasteiger partial charge in [0.2, 0.25) is 0 Å². The van der Waals surface area contributed by atoms with Gasteiger partial charge in [-0.15, -0.1) is 12.4 Å². The van der Waals surface area contributed by atoms with Crippen LogP contribution in [0.2, 0.25) is 0 Å². The molecule has 0 radical (unpaired) electrons. The smallest absolute Gasteiger partial charge is 0.351 e. The van der Waals surface area contributed by atoms with Gasteiger partial charge in [-0.2, -0.15) is 26.3 Å². The third kappa shape index (κ3) is 5.43. The van der Waals surface area contributed by atoms with Gasteiger partial charge in [0.15, 0.2) is 0 Å². The summed E-state index contributed by atoms with van der Waals surface area (Å²) < 4.78 is 75.2. The van der Waals surface area contributed by atoms with Crippen LogP contribution in [0.3, 0.4) is 0 Å². The first kappa shape index (κ1) is 19.5. The second kappa shape index (κ2) is 6.99. The fourth-order valence-electron chi connectivity index (χ4n) is 1.37. The Morgan fingerprint density at radius 1 is 1.00 bits per heavy atom. The summed E-state index contributed by atoms with van der Waals surface area (Å²) in [5.41, 5.74) is 1.28. The molecule has 0 heterocycles. The first-order valence-electron chi connectivity index (χ1n) is 5.33. The maximum Gasteiger partial charge on any atom is 0.416 e. The molecule has 0 aromatic heterocycles. The molecule has 0 spiro atoms. The molecule has 0 aliphatic heterocycles. The summed E-state index contributed by atoms with van der Waals surface area (Å²) in [5, 5.41) is 2.11. The highest BCUT2D eigenvalue weighted by atomic mass is 35.5. The van der Waals surface area contributed by atoms with Crippen molar-refractivity contribution in [2.45, 2.75) is 12.4 Å². The minimum absolute atomic E-state index is 0. The molecule has 0 unspecified atom stereocenters. The second-order valence-electron chi connectivity index (χ2n) is 3.84. The lowest BCUT2D eigenvalue weighted by molar-refractivity contribution is -0.143. The van der Waals surface area contributed by atoms with Crippen molar-refractivity contribution >= 4 is 18.3 Å². The molecule has 3 nitrogen and oxygen atoms in total. The average molecular weight is 337 g/mol. The predicted molar refractivity (Wildman–Crippen MR) is 65.1 cm³/mol. The van der Waals surface area contributed by atoms with Crippen molar-refractivity contribution in [3.8, 4) is 0 Å². The topological polar surface area (TPSA) is 55.1 Å². The zero-order chi connectivity index (χ0) is 15.6. The van der Waals surface area contributed by atoms with E-state index in [4.69, 9.17) is 5.73 Å². The van der Waals surface area contributed by atoms with E-state index in [0.717, 1.165) is 0 Å². The fraction of sp³-hybridized carbons (Fsp3) is 0.364. The van der Waals surface area contributed by atoms with Gasteiger partial charge >= 0.3 is 12.4 Å². The van der Waals surface area contributed by atoms with E-state index in [-0.39, 0.29) is 31.6 Å². The molecular weight excluding hydrogens is 326 g/mol. The number of benzene rings is 1. The lowest BCUT2D eigenvalue weighted by Gasteiger charge is -2.14. The van der Waals surface area contributed by atoms with Crippen molar-refractivity contribution in [1.29, 1.82) is 0 Å². The lowest BCUT2D eigenvalue weighted by atomic mass is 10.0. The number of hydrogen-bond donors (Lipinski definition) is 2. The van der Waals surface area contributed by atoms with E-state index in [1.54, 1.807) is 0 Å². The summed E-state index contributed by atoms with van der Waals surface area (Å²) in [5.74, 6) is -1.05. The van der Waals surface area contributed by atoms with E-state index < -0.39 is 35.0 Å². The molecular formula is C11H11ClF6N2O. The Morgan fingerprint density at radius 3 is 1.76 bits per heavy atom. The first-order chi connectivity index (χ1) is 9.05. The summed E-state index contributed by atoms with van der Waals surface area (Å²) >= 11 is 0. The van der Waals surface area contributed by atoms with Crippen LogP contribution in [0.15, 0.2) is 18.2 Å². The Bertz CT molecular complexity index is 468. The van der Waals surface area contributed by atoms with Gasteiger partial charge in [0.25, 0.3) is 5.91 Å². The Balaban J connectivity index is 0.00000400. The Morgan fingerprint density at radius 2 is 1.43 bits per heavy atom. The van der Waals surface area contributed by atoms with Crippen molar-refractivity contribution in [1.82, 2.24) is 5.32 Å². The van der Waals surface area contributed by atoms with Crippen LogP contribution in [0.25, 0.3) is 0 Å². The first-order valence-corrected chi connectivity index (χ1v) is 5.33. The summed E-state index contributed by atoms with van der Waals surface area (Å²) in [6.45, 7) is -0.0484. The number of halogens is 7. The third-order valence-corrected chi connectivity index (χ3v) is 2.28. The molecule has 0 saturated carbocycles. The highest BCUT2D eigenvalue weighted by Crippen LogP contribution is 2.36. The Hall–Kier alpha value is -1.48. The van der Waals surface area contributed by atoms with Crippen LogP contribution in [-0.2, 0) is 12.4 Å². The lowest BCUT2D eigenvalue weighted by Crippen LogP contribution is -2.29. The van der Waals surface area contributed by atoms with Crippen LogP contribution in [-0.4, -0.2) is 19.0 Å². The molecule has 10 heteroatoms. The number of carbonyl (C=O) groups is 1. The molecule has 1 amide bonds. The van der Waals surface area contributed by atoms with E-state index >= 15 is 0 Å². The van der Waals surface area contributed by atoms with Gasteiger partial charge in [0.05, 0.1) is 11.1 Å². The van der Waals surface area contributed by atoms with Gasteiger partial charge in [-0.3, -0.25) is 4.79 Å². The number of hydrogen-bond acceptors (Lipinski definition) is 2. The molecule has 1 aromatic rings. The van der Waals surface area contributed by atoms with Crippen LogP contribution >= 0.6 is 12.4 Å². The highest BCUT2D eigenvalue weighted by Gasteiger charge is 2.37.